The summed E-state index contributed by atoms with van der Waals surface area (Å²) in [6, 6.07) is 5.27. The van der Waals surface area contributed by atoms with Crippen LogP contribution >= 0.6 is 11.8 Å². The van der Waals surface area contributed by atoms with Crippen molar-refractivity contribution >= 4 is 23.4 Å². The molecule has 4 heteroatoms. The average molecular weight is 253 g/mol. The highest BCUT2D eigenvalue weighted by atomic mass is 32.2. The van der Waals surface area contributed by atoms with Gasteiger partial charge in [0, 0.05) is 11.4 Å². The summed E-state index contributed by atoms with van der Waals surface area (Å²) < 4.78 is 0. The Morgan fingerprint density at radius 1 is 1.53 bits per heavy atom. The minimum absolute atomic E-state index is 0.254. The number of nitrogen functional groups attached to an aromatic ring is 1. The maximum atomic E-state index is 11.1. The van der Waals surface area contributed by atoms with Gasteiger partial charge >= 0.3 is 5.97 Å². The van der Waals surface area contributed by atoms with Crippen LogP contribution < -0.4 is 5.73 Å². The highest BCUT2D eigenvalue weighted by Gasteiger charge is 2.13. The molecule has 1 unspecified atom stereocenters. The molecule has 17 heavy (non-hydrogen) atoms. The number of carboxylic acids is 1. The minimum Gasteiger partial charge on any atom is -0.478 e. The van der Waals surface area contributed by atoms with Gasteiger partial charge in [0.2, 0.25) is 0 Å². The molecule has 0 aliphatic carbocycles. The van der Waals surface area contributed by atoms with E-state index in [4.69, 9.17) is 10.8 Å². The third-order valence-electron chi connectivity index (χ3n) is 2.75. The molecule has 1 aromatic rings. The van der Waals surface area contributed by atoms with Gasteiger partial charge in [0.15, 0.2) is 0 Å². The topological polar surface area (TPSA) is 63.3 Å². The molecule has 3 N–H and O–H groups in total. The Balaban J connectivity index is 2.71. The van der Waals surface area contributed by atoms with E-state index in [1.165, 1.54) is 0 Å². The third-order valence-corrected chi connectivity index (χ3v) is 4.07. The van der Waals surface area contributed by atoms with Crippen LogP contribution in [-0.4, -0.2) is 16.8 Å². The summed E-state index contributed by atoms with van der Waals surface area (Å²) in [5.41, 5.74) is 7.10. The Labute approximate surface area is 106 Å². The van der Waals surface area contributed by atoms with Crippen molar-refractivity contribution in [3.63, 3.8) is 0 Å². The number of nitrogens with two attached hydrogens (primary N) is 1. The van der Waals surface area contributed by atoms with E-state index in [1.807, 2.05) is 6.07 Å². The number of rotatable bonds is 6. The van der Waals surface area contributed by atoms with Crippen LogP contribution in [0.4, 0.5) is 5.69 Å². The first-order chi connectivity index (χ1) is 8.06. The highest BCUT2D eigenvalue weighted by molar-refractivity contribution is 7.98. The Kier molecular flexibility index (Phi) is 5.35. The standard InChI is InChI=1S/C13H19NO2S/c1-3-9(2)7-17-8-10-5-4-6-11(14)12(10)13(15)16/h4-6,9H,3,7-8,14H2,1-2H3,(H,15,16). The van der Waals surface area contributed by atoms with Gasteiger partial charge in [-0.3, -0.25) is 0 Å². The zero-order chi connectivity index (χ0) is 12.8. The van der Waals surface area contributed by atoms with E-state index in [2.05, 4.69) is 13.8 Å². The molecular weight excluding hydrogens is 234 g/mol. The van der Waals surface area contributed by atoms with Gasteiger partial charge in [-0.25, -0.2) is 4.79 Å². The molecule has 1 aromatic carbocycles. The molecule has 3 nitrogen and oxygen atoms in total. The van der Waals surface area contributed by atoms with Gasteiger partial charge < -0.3 is 10.8 Å². The van der Waals surface area contributed by atoms with Gasteiger partial charge in [-0.2, -0.15) is 11.8 Å². The maximum Gasteiger partial charge on any atom is 0.338 e. The largest absolute Gasteiger partial charge is 0.478 e. The van der Waals surface area contributed by atoms with Crippen molar-refractivity contribution in [2.75, 3.05) is 11.5 Å². The second-order valence-electron chi connectivity index (χ2n) is 4.22. The number of hydrogen-bond donors (Lipinski definition) is 2. The molecule has 0 bridgehead atoms. The molecule has 0 saturated heterocycles. The van der Waals surface area contributed by atoms with Crippen LogP contribution in [0.15, 0.2) is 18.2 Å². The molecule has 1 rings (SSSR count). The summed E-state index contributed by atoms with van der Waals surface area (Å²) in [4.78, 5) is 11.1. The molecule has 0 amide bonds. The number of anilines is 1. The Bertz CT molecular complexity index is 393. The number of carbonyl (C=O) groups is 1. The van der Waals surface area contributed by atoms with Gasteiger partial charge in [-0.1, -0.05) is 32.4 Å². The number of hydrogen-bond acceptors (Lipinski definition) is 3. The van der Waals surface area contributed by atoms with E-state index in [9.17, 15) is 4.79 Å². The lowest BCUT2D eigenvalue weighted by Crippen LogP contribution is -2.06. The SMILES string of the molecule is CCC(C)CSCc1cccc(N)c1C(=O)O. The van der Waals surface area contributed by atoms with Crippen LogP contribution in [-0.2, 0) is 5.75 Å². The molecule has 1 atom stereocenters. The van der Waals surface area contributed by atoms with E-state index in [0.29, 0.717) is 17.4 Å². The molecule has 0 fully saturated rings. The zero-order valence-electron chi connectivity index (χ0n) is 10.3. The fraction of sp³-hybridized carbons (Fsp3) is 0.462. The van der Waals surface area contributed by atoms with Crippen LogP contribution in [0.2, 0.25) is 0 Å². The van der Waals surface area contributed by atoms with E-state index in [-0.39, 0.29) is 5.56 Å². The summed E-state index contributed by atoms with van der Waals surface area (Å²) in [6.45, 7) is 4.36. The Morgan fingerprint density at radius 3 is 2.82 bits per heavy atom. The fourth-order valence-corrected chi connectivity index (χ4v) is 2.71. The number of carboxylic acid groups (broad SMARTS) is 1. The first-order valence-electron chi connectivity index (χ1n) is 5.74. The van der Waals surface area contributed by atoms with Crippen molar-refractivity contribution in [3.8, 4) is 0 Å². The third kappa shape index (κ3) is 3.97. The maximum absolute atomic E-state index is 11.1. The van der Waals surface area contributed by atoms with Crippen molar-refractivity contribution in [1.29, 1.82) is 0 Å². The van der Waals surface area contributed by atoms with Gasteiger partial charge in [0.25, 0.3) is 0 Å². The van der Waals surface area contributed by atoms with Gasteiger partial charge in [0.1, 0.15) is 0 Å². The zero-order valence-corrected chi connectivity index (χ0v) is 11.1. The second kappa shape index (κ2) is 6.55. The summed E-state index contributed by atoms with van der Waals surface area (Å²) in [5.74, 6) is 1.47. The van der Waals surface area contributed by atoms with Crippen LogP contribution in [0.5, 0.6) is 0 Å². The lowest BCUT2D eigenvalue weighted by Gasteiger charge is -2.10. The van der Waals surface area contributed by atoms with Crippen LogP contribution in [0.1, 0.15) is 36.2 Å². The highest BCUT2D eigenvalue weighted by Crippen LogP contribution is 2.23. The number of benzene rings is 1. The van der Waals surface area contributed by atoms with Crippen molar-refractivity contribution < 1.29 is 9.90 Å². The van der Waals surface area contributed by atoms with Crippen LogP contribution in [0.25, 0.3) is 0 Å². The van der Waals surface area contributed by atoms with Crippen molar-refractivity contribution in [1.82, 2.24) is 0 Å². The molecular formula is C13H19NO2S. The second-order valence-corrected chi connectivity index (χ2v) is 5.25. The molecule has 0 aromatic heterocycles. The van der Waals surface area contributed by atoms with E-state index >= 15 is 0 Å². The average Bonchev–Trinajstić information content (AvgIpc) is 2.28. The smallest absolute Gasteiger partial charge is 0.338 e. The van der Waals surface area contributed by atoms with E-state index in [1.54, 1.807) is 23.9 Å². The summed E-state index contributed by atoms with van der Waals surface area (Å²) in [6.07, 6.45) is 1.15. The normalized spacial score (nSPS) is 12.4. The quantitative estimate of drug-likeness (QED) is 0.764. The van der Waals surface area contributed by atoms with Gasteiger partial charge in [-0.15, -0.1) is 0 Å². The number of aromatic carboxylic acids is 1. The summed E-state index contributed by atoms with van der Waals surface area (Å²) >= 11 is 1.76. The lowest BCUT2D eigenvalue weighted by molar-refractivity contribution is 0.0697. The fourth-order valence-electron chi connectivity index (χ4n) is 1.49. The Morgan fingerprint density at radius 2 is 2.24 bits per heavy atom. The molecule has 0 aliphatic rings. The minimum atomic E-state index is -0.942. The number of thioether (sulfide) groups is 1. The van der Waals surface area contributed by atoms with E-state index < -0.39 is 5.97 Å². The van der Waals surface area contributed by atoms with Crippen molar-refractivity contribution in [2.24, 2.45) is 5.92 Å². The first kappa shape index (κ1) is 13.9. The molecule has 0 aliphatic heterocycles. The molecule has 0 saturated carbocycles. The van der Waals surface area contributed by atoms with E-state index in [0.717, 1.165) is 17.7 Å². The lowest BCUT2D eigenvalue weighted by atomic mass is 10.1. The molecule has 0 spiro atoms. The predicted molar refractivity (Wildman–Crippen MR) is 73.4 cm³/mol. The Hall–Kier alpha value is -1.16. The summed E-state index contributed by atoms with van der Waals surface area (Å²) in [5, 5.41) is 9.11. The molecule has 0 radical (unpaired) electrons. The monoisotopic (exact) mass is 253 g/mol. The predicted octanol–water partition coefficient (Wildman–Crippen LogP) is 3.25. The molecule has 0 heterocycles. The molecule has 94 valence electrons. The van der Waals surface area contributed by atoms with Crippen LogP contribution in [0, 0.1) is 5.92 Å². The first-order valence-corrected chi connectivity index (χ1v) is 6.90. The van der Waals surface area contributed by atoms with Gasteiger partial charge in [0.05, 0.1) is 5.56 Å². The van der Waals surface area contributed by atoms with Crippen LogP contribution in [0.3, 0.4) is 0 Å². The van der Waals surface area contributed by atoms with Crippen molar-refractivity contribution in [2.45, 2.75) is 26.0 Å². The summed E-state index contributed by atoms with van der Waals surface area (Å²) in [7, 11) is 0. The van der Waals surface area contributed by atoms with Crippen molar-refractivity contribution in [3.05, 3.63) is 29.3 Å². The van der Waals surface area contributed by atoms with Gasteiger partial charge in [-0.05, 0) is 23.3 Å².